The maximum Gasteiger partial charge on any atom is 0.416 e. The standard InChI is InChI=1S/C29H19F3IN5O5/c1-2-42-24-13-17(12-22(33)26(24)43-25-11-10-20(16-34-25)38(40)41)15-35-37-27(18-6-5-7-19(14-18)29(30,31)32)36-23-9-4-3-8-21(23)28(37)39/h3-16H,2H2,1H3. The van der Waals surface area contributed by atoms with E-state index >= 15 is 0 Å². The number of halogens is 4. The highest BCUT2D eigenvalue weighted by molar-refractivity contribution is 14.1. The number of nitro groups is 1. The van der Waals surface area contributed by atoms with Gasteiger partial charge in [-0.05, 0) is 71.5 Å². The number of hydrogen-bond donors (Lipinski definition) is 0. The number of nitrogens with zero attached hydrogens (tertiary/aromatic N) is 5. The van der Waals surface area contributed by atoms with Crippen LogP contribution in [0.4, 0.5) is 18.9 Å². The summed E-state index contributed by atoms with van der Waals surface area (Å²) in [6.45, 7) is 2.04. The Morgan fingerprint density at radius 3 is 2.58 bits per heavy atom. The summed E-state index contributed by atoms with van der Waals surface area (Å²) >= 11 is 2.00. The Labute approximate surface area is 254 Å². The lowest BCUT2D eigenvalue weighted by molar-refractivity contribution is -0.385. The quantitative estimate of drug-likeness (QED) is 0.0735. The zero-order chi connectivity index (χ0) is 30.7. The molecule has 0 radical (unpaired) electrons. The van der Waals surface area contributed by atoms with Crippen LogP contribution in [-0.4, -0.2) is 32.4 Å². The van der Waals surface area contributed by atoms with E-state index in [-0.39, 0.29) is 34.9 Å². The van der Waals surface area contributed by atoms with Crippen LogP contribution in [0.3, 0.4) is 0 Å². The number of hydrogen-bond acceptors (Lipinski definition) is 8. The zero-order valence-corrected chi connectivity index (χ0v) is 24.2. The molecule has 0 aliphatic carbocycles. The van der Waals surface area contributed by atoms with Gasteiger partial charge < -0.3 is 9.47 Å². The molecule has 0 N–H and O–H groups in total. The fraction of sp³-hybridized carbons (Fsp3) is 0.103. The smallest absolute Gasteiger partial charge is 0.416 e. The molecule has 3 aromatic carbocycles. The van der Waals surface area contributed by atoms with E-state index in [0.717, 1.165) is 23.0 Å². The van der Waals surface area contributed by atoms with Gasteiger partial charge in [-0.3, -0.25) is 14.9 Å². The first-order valence-corrected chi connectivity index (χ1v) is 13.6. The summed E-state index contributed by atoms with van der Waals surface area (Å²) in [6.07, 6.45) is -2.17. The molecule has 5 aromatic rings. The molecule has 2 aromatic heterocycles. The Morgan fingerprint density at radius 1 is 1.09 bits per heavy atom. The van der Waals surface area contributed by atoms with Crippen molar-refractivity contribution in [2.45, 2.75) is 13.1 Å². The average Bonchev–Trinajstić information content (AvgIpc) is 2.98. The van der Waals surface area contributed by atoms with Gasteiger partial charge in [0.25, 0.3) is 11.2 Å². The molecular formula is C29H19F3IN5O5. The highest BCUT2D eigenvalue weighted by Crippen LogP contribution is 2.37. The monoisotopic (exact) mass is 701 g/mol. The van der Waals surface area contributed by atoms with Gasteiger partial charge in [0.15, 0.2) is 17.3 Å². The summed E-state index contributed by atoms with van der Waals surface area (Å²) in [6, 6.07) is 16.9. The Morgan fingerprint density at radius 2 is 1.88 bits per heavy atom. The second-order valence-electron chi connectivity index (χ2n) is 8.87. The summed E-state index contributed by atoms with van der Waals surface area (Å²) in [5.74, 6) is 0.633. The van der Waals surface area contributed by atoms with E-state index in [1.165, 1.54) is 30.5 Å². The summed E-state index contributed by atoms with van der Waals surface area (Å²) in [5.41, 5.74) is -0.816. The van der Waals surface area contributed by atoms with E-state index in [4.69, 9.17) is 9.47 Å². The molecule has 0 atom stereocenters. The van der Waals surface area contributed by atoms with E-state index in [0.29, 0.717) is 26.1 Å². The van der Waals surface area contributed by atoms with Gasteiger partial charge in [-0.1, -0.05) is 24.3 Å². The molecule has 0 amide bonds. The van der Waals surface area contributed by atoms with Gasteiger partial charge in [-0.25, -0.2) is 9.97 Å². The van der Waals surface area contributed by atoms with Gasteiger partial charge >= 0.3 is 6.18 Å². The molecule has 0 saturated heterocycles. The molecule has 0 bridgehead atoms. The van der Waals surface area contributed by atoms with Crippen molar-refractivity contribution in [1.82, 2.24) is 14.6 Å². The van der Waals surface area contributed by atoms with Crippen LogP contribution in [0.1, 0.15) is 18.1 Å². The molecule has 2 heterocycles. The predicted molar refractivity (Wildman–Crippen MR) is 161 cm³/mol. The molecular weight excluding hydrogens is 682 g/mol. The summed E-state index contributed by atoms with van der Waals surface area (Å²) < 4.78 is 53.5. The van der Waals surface area contributed by atoms with Gasteiger partial charge in [-0.15, -0.1) is 0 Å². The molecule has 0 unspecified atom stereocenters. The Balaban J connectivity index is 1.58. The van der Waals surface area contributed by atoms with Crippen LogP contribution < -0.4 is 15.0 Å². The third-order valence-electron chi connectivity index (χ3n) is 5.99. The number of ether oxygens (including phenoxy) is 2. The SMILES string of the molecule is CCOc1cc(C=Nn2c(-c3cccc(C(F)(F)F)c3)nc3ccccc3c2=O)cc(I)c1Oc1ccc([N+](=O)[O-])cn1. The van der Waals surface area contributed by atoms with Crippen molar-refractivity contribution in [1.29, 1.82) is 0 Å². The van der Waals surface area contributed by atoms with Crippen LogP contribution in [0.2, 0.25) is 0 Å². The molecule has 5 rings (SSSR count). The normalized spacial score (nSPS) is 11.7. The van der Waals surface area contributed by atoms with Crippen LogP contribution >= 0.6 is 22.6 Å². The molecule has 0 spiro atoms. The summed E-state index contributed by atoms with van der Waals surface area (Å²) in [7, 11) is 0. The van der Waals surface area contributed by atoms with Gasteiger partial charge in [0.1, 0.15) is 6.20 Å². The molecule has 10 nitrogen and oxygen atoms in total. The largest absolute Gasteiger partial charge is 0.490 e. The first kappa shape index (κ1) is 29.6. The maximum absolute atomic E-state index is 13.5. The van der Waals surface area contributed by atoms with Crippen LogP contribution in [0, 0.1) is 13.7 Å². The topological polar surface area (TPSA) is 122 Å². The third kappa shape index (κ3) is 6.48. The summed E-state index contributed by atoms with van der Waals surface area (Å²) in [5, 5.41) is 15.5. The Bertz CT molecular complexity index is 1930. The van der Waals surface area contributed by atoms with Gasteiger partial charge in [0.2, 0.25) is 5.88 Å². The number of alkyl halides is 3. The number of benzene rings is 3. The van der Waals surface area contributed by atoms with Crippen LogP contribution in [0.5, 0.6) is 17.4 Å². The van der Waals surface area contributed by atoms with E-state index in [1.54, 1.807) is 43.3 Å². The molecule has 0 aliphatic heterocycles. The minimum atomic E-state index is -4.60. The first-order chi connectivity index (χ1) is 20.5. The average molecular weight is 701 g/mol. The molecule has 0 saturated carbocycles. The summed E-state index contributed by atoms with van der Waals surface area (Å²) in [4.78, 5) is 32.3. The molecule has 0 aliphatic rings. The van der Waals surface area contributed by atoms with Crippen LogP contribution in [0.15, 0.2) is 88.9 Å². The molecule has 218 valence electrons. The fourth-order valence-corrected chi connectivity index (χ4v) is 4.78. The third-order valence-corrected chi connectivity index (χ3v) is 6.80. The predicted octanol–water partition coefficient (Wildman–Crippen LogP) is 7.06. The second kappa shape index (κ2) is 12.2. The lowest BCUT2D eigenvalue weighted by Gasteiger charge is -2.14. The first-order valence-electron chi connectivity index (χ1n) is 12.5. The lowest BCUT2D eigenvalue weighted by Crippen LogP contribution is -2.20. The van der Waals surface area contributed by atoms with Crippen LogP contribution in [-0.2, 0) is 6.18 Å². The van der Waals surface area contributed by atoms with Crippen molar-refractivity contribution in [3.63, 3.8) is 0 Å². The number of aromatic nitrogens is 3. The fourth-order valence-electron chi connectivity index (χ4n) is 4.05. The van der Waals surface area contributed by atoms with E-state index in [9.17, 15) is 28.1 Å². The number of pyridine rings is 1. The zero-order valence-electron chi connectivity index (χ0n) is 22.1. The molecule has 14 heteroatoms. The molecule has 43 heavy (non-hydrogen) atoms. The number of para-hydroxylation sites is 1. The second-order valence-corrected chi connectivity index (χ2v) is 10.0. The van der Waals surface area contributed by atoms with E-state index in [2.05, 4.69) is 15.1 Å². The van der Waals surface area contributed by atoms with E-state index < -0.39 is 22.2 Å². The van der Waals surface area contributed by atoms with Crippen molar-refractivity contribution in [3.8, 4) is 28.8 Å². The number of fused-ring (bicyclic) bond motifs is 1. The minimum Gasteiger partial charge on any atom is -0.490 e. The van der Waals surface area contributed by atoms with Gasteiger partial charge in [0.05, 0.1) is 37.8 Å². The van der Waals surface area contributed by atoms with Crippen molar-refractivity contribution in [2.24, 2.45) is 5.10 Å². The van der Waals surface area contributed by atoms with E-state index in [1.807, 2.05) is 22.6 Å². The Hall–Kier alpha value is -4.86. The highest BCUT2D eigenvalue weighted by atomic mass is 127. The van der Waals surface area contributed by atoms with Crippen molar-refractivity contribution >= 4 is 45.4 Å². The van der Waals surface area contributed by atoms with Gasteiger partial charge in [0, 0.05) is 17.7 Å². The number of rotatable bonds is 8. The maximum atomic E-state index is 13.5. The molecule has 0 fully saturated rings. The Kier molecular flexibility index (Phi) is 8.38. The van der Waals surface area contributed by atoms with Crippen molar-refractivity contribution in [2.75, 3.05) is 6.61 Å². The van der Waals surface area contributed by atoms with Gasteiger partial charge in [-0.2, -0.15) is 22.9 Å². The van der Waals surface area contributed by atoms with Crippen LogP contribution in [0.25, 0.3) is 22.3 Å². The lowest BCUT2D eigenvalue weighted by atomic mass is 10.1. The minimum absolute atomic E-state index is 0.0544. The van der Waals surface area contributed by atoms with Crippen molar-refractivity contribution < 1.29 is 27.6 Å². The van der Waals surface area contributed by atoms with Crippen molar-refractivity contribution in [3.05, 3.63) is 114 Å². The highest BCUT2D eigenvalue weighted by Gasteiger charge is 2.31.